The quantitative estimate of drug-likeness (QED) is 0.674. The lowest BCUT2D eigenvalue weighted by molar-refractivity contribution is 0.0908. The van der Waals surface area contributed by atoms with Gasteiger partial charge >= 0.3 is 0 Å². The first-order chi connectivity index (χ1) is 6.74. The standard InChI is InChI=1S/C10H9NO2S/c1-2-9(12)11-7-5-3-4-6-8(7)13-10(11)14/h3-6H,2H2,1H3. The van der Waals surface area contributed by atoms with Crippen molar-refractivity contribution in [2.24, 2.45) is 0 Å². The summed E-state index contributed by atoms with van der Waals surface area (Å²) in [5.41, 5.74) is 1.39. The molecule has 1 aromatic carbocycles. The van der Waals surface area contributed by atoms with Gasteiger partial charge in [0.1, 0.15) is 0 Å². The Labute approximate surface area is 86.0 Å². The van der Waals surface area contributed by atoms with Crippen molar-refractivity contribution in [3.63, 3.8) is 0 Å². The van der Waals surface area contributed by atoms with Crippen LogP contribution in [0, 0.1) is 4.84 Å². The maximum Gasteiger partial charge on any atom is 0.276 e. The maximum absolute atomic E-state index is 11.5. The van der Waals surface area contributed by atoms with Gasteiger partial charge in [-0.05, 0) is 24.4 Å². The van der Waals surface area contributed by atoms with Crippen molar-refractivity contribution in [3.8, 4) is 0 Å². The Morgan fingerprint density at radius 3 is 2.93 bits per heavy atom. The van der Waals surface area contributed by atoms with Crippen molar-refractivity contribution in [2.75, 3.05) is 0 Å². The molecule has 1 heterocycles. The molecule has 4 heteroatoms. The van der Waals surface area contributed by atoms with Crippen LogP contribution in [0.5, 0.6) is 0 Å². The average Bonchev–Trinajstić information content (AvgIpc) is 2.53. The normalized spacial score (nSPS) is 10.6. The third-order valence-corrected chi connectivity index (χ3v) is 2.30. The summed E-state index contributed by atoms with van der Waals surface area (Å²) in [6.45, 7) is 1.80. The van der Waals surface area contributed by atoms with Crippen molar-refractivity contribution in [1.82, 2.24) is 4.57 Å². The van der Waals surface area contributed by atoms with E-state index < -0.39 is 0 Å². The number of para-hydroxylation sites is 2. The number of fused-ring (bicyclic) bond motifs is 1. The predicted octanol–water partition coefficient (Wildman–Crippen LogP) is 3.01. The molecule has 2 rings (SSSR count). The lowest BCUT2D eigenvalue weighted by atomic mass is 10.3. The molecule has 0 saturated heterocycles. The Morgan fingerprint density at radius 2 is 2.21 bits per heavy atom. The Bertz CT molecular complexity index is 538. The van der Waals surface area contributed by atoms with Crippen LogP contribution in [0.1, 0.15) is 18.1 Å². The molecular weight excluding hydrogens is 198 g/mol. The molecule has 1 aromatic heterocycles. The Morgan fingerprint density at radius 1 is 1.50 bits per heavy atom. The number of hydrogen-bond donors (Lipinski definition) is 0. The van der Waals surface area contributed by atoms with Crippen LogP contribution in [-0.4, -0.2) is 10.5 Å². The van der Waals surface area contributed by atoms with Crippen molar-refractivity contribution < 1.29 is 9.21 Å². The van der Waals surface area contributed by atoms with Gasteiger partial charge in [0, 0.05) is 6.42 Å². The smallest absolute Gasteiger partial charge is 0.276 e. The molecule has 0 bridgehead atoms. The molecule has 72 valence electrons. The average molecular weight is 207 g/mol. The third-order valence-electron chi connectivity index (χ3n) is 2.04. The number of nitrogens with zero attached hydrogens (tertiary/aromatic N) is 1. The summed E-state index contributed by atoms with van der Waals surface area (Å²) in [5.74, 6) is -0.0417. The SMILES string of the molecule is CCC(=O)n1c(=S)oc2ccccc21. The largest absolute Gasteiger partial charge is 0.429 e. The predicted molar refractivity (Wildman–Crippen MR) is 56.0 cm³/mol. The number of benzene rings is 1. The van der Waals surface area contributed by atoms with Crippen molar-refractivity contribution in [2.45, 2.75) is 13.3 Å². The number of rotatable bonds is 1. The highest BCUT2D eigenvalue weighted by atomic mass is 32.1. The monoisotopic (exact) mass is 207 g/mol. The molecule has 0 atom stereocenters. The van der Waals surface area contributed by atoms with Gasteiger partial charge in [-0.3, -0.25) is 4.79 Å². The topological polar surface area (TPSA) is 35.1 Å². The van der Waals surface area contributed by atoms with E-state index in [2.05, 4.69) is 0 Å². The van der Waals surface area contributed by atoms with Gasteiger partial charge in [0.25, 0.3) is 4.84 Å². The van der Waals surface area contributed by atoms with E-state index in [-0.39, 0.29) is 10.7 Å². The van der Waals surface area contributed by atoms with E-state index in [0.717, 1.165) is 5.52 Å². The number of oxazole rings is 1. The van der Waals surface area contributed by atoms with Crippen molar-refractivity contribution in [1.29, 1.82) is 0 Å². The summed E-state index contributed by atoms with van der Waals surface area (Å²) in [7, 11) is 0. The molecule has 0 radical (unpaired) electrons. The number of hydrogen-bond acceptors (Lipinski definition) is 3. The molecule has 0 spiro atoms. The van der Waals surface area contributed by atoms with Crippen LogP contribution in [0.15, 0.2) is 28.7 Å². The van der Waals surface area contributed by atoms with Gasteiger partial charge in [-0.15, -0.1) is 0 Å². The molecule has 0 aliphatic carbocycles. The summed E-state index contributed by atoms with van der Waals surface area (Å²) in [6, 6.07) is 7.32. The van der Waals surface area contributed by atoms with Crippen LogP contribution in [0.4, 0.5) is 0 Å². The van der Waals surface area contributed by atoms with E-state index in [1.54, 1.807) is 13.0 Å². The Balaban J connectivity index is 2.81. The van der Waals surface area contributed by atoms with E-state index in [9.17, 15) is 4.79 Å². The minimum atomic E-state index is -0.0417. The lowest BCUT2D eigenvalue weighted by Gasteiger charge is -1.97. The van der Waals surface area contributed by atoms with Gasteiger partial charge in [-0.1, -0.05) is 19.1 Å². The number of carbonyl (C=O) groups excluding carboxylic acids is 1. The molecule has 0 aliphatic rings. The van der Waals surface area contributed by atoms with Crippen molar-refractivity contribution >= 4 is 29.2 Å². The van der Waals surface area contributed by atoms with Gasteiger partial charge in [0.05, 0.1) is 5.52 Å². The molecule has 14 heavy (non-hydrogen) atoms. The second-order valence-corrected chi connectivity index (χ2v) is 3.27. The van der Waals surface area contributed by atoms with Gasteiger partial charge in [0.2, 0.25) is 5.91 Å². The van der Waals surface area contributed by atoms with Gasteiger partial charge < -0.3 is 4.42 Å². The van der Waals surface area contributed by atoms with Crippen LogP contribution in [0.25, 0.3) is 11.1 Å². The Hall–Kier alpha value is -1.42. The fourth-order valence-electron chi connectivity index (χ4n) is 1.36. The Kier molecular flexibility index (Phi) is 2.21. The second-order valence-electron chi connectivity index (χ2n) is 2.92. The zero-order valence-corrected chi connectivity index (χ0v) is 8.50. The molecule has 0 saturated carbocycles. The van der Waals surface area contributed by atoms with Crippen LogP contribution in [0.2, 0.25) is 0 Å². The van der Waals surface area contributed by atoms with Crippen molar-refractivity contribution in [3.05, 3.63) is 29.1 Å². The van der Waals surface area contributed by atoms with Gasteiger partial charge in [0.15, 0.2) is 5.58 Å². The highest BCUT2D eigenvalue weighted by Gasteiger charge is 2.10. The fraction of sp³-hybridized carbons (Fsp3) is 0.200. The van der Waals surface area contributed by atoms with Gasteiger partial charge in [-0.2, -0.15) is 0 Å². The van der Waals surface area contributed by atoms with E-state index in [0.29, 0.717) is 12.0 Å². The summed E-state index contributed by atoms with van der Waals surface area (Å²) < 4.78 is 6.71. The van der Waals surface area contributed by atoms with E-state index >= 15 is 0 Å². The summed E-state index contributed by atoms with van der Waals surface area (Å²) >= 11 is 4.97. The van der Waals surface area contributed by atoms with Gasteiger partial charge in [-0.25, -0.2) is 4.57 Å². The van der Waals surface area contributed by atoms with Crippen LogP contribution < -0.4 is 0 Å². The first-order valence-electron chi connectivity index (χ1n) is 4.38. The van der Waals surface area contributed by atoms with E-state index in [1.807, 2.05) is 18.2 Å². The molecule has 0 aliphatic heterocycles. The highest BCUT2D eigenvalue weighted by Crippen LogP contribution is 2.17. The zero-order chi connectivity index (χ0) is 10.1. The van der Waals surface area contributed by atoms with Crippen LogP contribution >= 0.6 is 12.2 Å². The second kappa shape index (κ2) is 3.38. The minimum Gasteiger partial charge on any atom is -0.429 e. The molecule has 0 unspecified atom stereocenters. The number of carbonyl (C=O) groups is 1. The fourth-order valence-corrected chi connectivity index (χ4v) is 1.65. The first-order valence-corrected chi connectivity index (χ1v) is 4.78. The molecule has 0 N–H and O–H groups in total. The molecule has 0 fully saturated rings. The molecular formula is C10H9NO2S. The maximum atomic E-state index is 11.5. The minimum absolute atomic E-state index is 0.0417. The summed E-state index contributed by atoms with van der Waals surface area (Å²) in [6.07, 6.45) is 0.415. The molecule has 3 nitrogen and oxygen atoms in total. The van der Waals surface area contributed by atoms with Crippen LogP contribution in [-0.2, 0) is 0 Å². The molecule has 2 aromatic rings. The number of aromatic nitrogens is 1. The van der Waals surface area contributed by atoms with E-state index in [1.165, 1.54) is 4.57 Å². The molecule has 0 amide bonds. The summed E-state index contributed by atoms with van der Waals surface area (Å²) in [4.78, 5) is 11.8. The first kappa shape index (κ1) is 9.15. The third kappa shape index (κ3) is 1.28. The zero-order valence-electron chi connectivity index (χ0n) is 7.69. The lowest BCUT2D eigenvalue weighted by Crippen LogP contribution is -2.08. The van der Waals surface area contributed by atoms with E-state index in [4.69, 9.17) is 16.6 Å². The highest BCUT2D eigenvalue weighted by molar-refractivity contribution is 7.71. The van der Waals surface area contributed by atoms with Crippen LogP contribution in [0.3, 0.4) is 0 Å². The summed E-state index contributed by atoms with van der Waals surface area (Å²) in [5, 5.41) is 0.